The summed E-state index contributed by atoms with van der Waals surface area (Å²) in [5.41, 5.74) is 1.90. The maximum absolute atomic E-state index is 12.0. The molecule has 0 unspecified atom stereocenters. The summed E-state index contributed by atoms with van der Waals surface area (Å²) in [4.78, 5) is 12.0. The van der Waals surface area contributed by atoms with E-state index in [0.29, 0.717) is 11.1 Å². The zero-order valence-electron chi connectivity index (χ0n) is 12.7. The van der Waals surface area contributed by atoms with Crippen LogP contribution in [0.25, 0.3) is 0 Å². The molecule has 5 heteroatoms. The Morgan fingerprint density at radius 2 is 1.83 bits per heavy atom. The highest BCUT2D eigenvalue weighted by Gasteiger charge is 2.08. The van der Waals surface area contributed by atoms with E-state index >= 15 is 0 Å². The minimum atomic E-state index is -3.13. The molecule has 0 heterocycles. The second-order valence-corrected chi connectivity index (χ2v) is 7.26. The Morgan fingerprint density at radius 1 is 1.09 bits per heavy atom. The maximum atomic E-state index is 12.0. The van der Waals surface area contributed by atoms with Crippen molar-refractivity contribution in [1.29, 1.82) is 0 Å². The summed E-state index contributed by atoms with van der Waals surface area (Å²) < 4.78 is 22.6. The number of nitrogens with one attached hydrogen (secondary N) is 1. The number of hydrogen-bond donors (Lipinski definition) is 1. The molecule has 118 valence electrons. The van der Waals surface area contributed by atoms with Crippen molar-refractivity contribution in [1.82, 2.24) is 5.32 Å². The average molecular weight is 327 g/mol. The molecule has 0 aromatic heterocycles. The lowest BCUT2D eigenvalue weighted by Gasteiger charge is -2.04. The predicted molar refractivity (Wildman–Crippen MR) is 90.6 cm³/mol. The topological polar surface area (TPSA) is 63.2 Å². The monoisotopic (exact) mass is 327 g/mol. The molecule has 2 aromatic rings. The third-order valence-corrected chi connectivity index (χ3v) is 3.82. The molecule has 0 spiro atoms. The van der Waals surface area contributed by atoms with Crippen molar-refractivity contribution in [3.63, 3.8) is 0 Å². The van der Waals surface area contributed by atoms with E-state index in [-0.39, 0.29) is 18.2 Å². The van der Waals surface area contributed by atoms with Crippen molar-refractivity contribution >= 4 is 15.7 Å². The fourth-order valence-corrected chi connectivity index (χ4v) is 2.78. The van der Waals surface area contributed by atoms with Gasteiger partial charge >= 0.3 is 0 Å². The van der Waals surface area contributed by atoms with Gasteiger partial charge in [0.2, 0.25) is 0 Å². The summed E-state index contributed by atoms with van der Waals surface area (Å²) in [6.45, 7) is 0.226. The van der Waals surface area contributed by atoms with Crippen LogP contribution in [0.2, 0.25) is 0 Å². The molecule has 0 aliphatic carbocycles. The summed E-state index contributed by atoms with van der Waals surface area (Å²) >= 11 is 0. The SMILES string of the molecule is CS(=O)(=O)Cc1cccc(C(=O)NCC#Cc2ccccc2)c1. The van der Waals surface area contributed by atoms with Crippen LogP contribution in [-0.2, 0) is 15.6 Å². The molecule has 0 bridgehead atoms. The Balaban J connectivity index is 1.96. The van der Waals surface area contributed by atoms with Crippen LogP contribution in [0.1, 0.15) is 21.5 Å². The van der Waals surface area contributed by atoms with Gasteiger partial charge in [0, 0.05) is 17.4 Å². The van der Waals surface area contributed by atoms with Crippen LogP contribution >= 0.6 is 0 Å². The van der Waals surface area contributed by atoms with Gasteiger partial charge in [0.05, 0.1) is 12.3 Å². The molecule has 0 saturated heterocycles. The van der Waals surface area contributed by atoms with E-state index in [2.05, 4.69) is 17.2 Å². The molecular weight excluding hydrogens is 310 g/mol. The number of amides is 1. The number of benzene rings is 2. The predicted octanol–water partition coefficient (Wildman–Crippen LogP) is 2.01. The minimum absolute atomic E-state index is 0.0814. The Labute approximate surface area is 136 Å². The Bertz CT molecular complexity index is 847. The van der Waals surface area contributed by atoms with Crippen molar-refractivity contribution in [2.75, 3.05) is 12.8 Å². The van der Waals surface area contributed by atoms with Crippen molar-refractivity contribution in [2.24, 2.45) is 0 Å². The second-order valence-electron chi connectivity index (χ2n) is 5.12. The lowest BCUT2D eigenvalue weighted by atomic mass is 10.1. The molecular formula is C18H17NO3S. The summed E-state index contributed by atoms with van der Waals surface area (Å²) in [6, 6.07) is 16.1. The van der Waals surface area contributed by atoms with Crippen molar-refractivity contribution in [3.05, 3.63) is 71.3 Å². The standard InChI is InChI=1S/C18H17NO3S/c1-23(21,22)14-16-9-5-11-17(13-16)18(20)19-12-6-10-15-7-3-2-4-8-15/h2-5,7-9,11,13H,12,14H2,1H3,(H,19,20). The number of hydrogen-bond acceptors (Lipinski definition) is 3. The molecule has 0 aliphatic heterocycles. The van der Waals surface area contributed by atoms with Gasteiger partial charge in [-0.15, -0.1) is 0 Å². The van der Waals surface area contributed by atoms with Crippen LogP contribution in [0.15, 0.2) is 54.6 Å². The molecule has 0 fully saturated rings. The van der Waals surface area contributed by atoms with Crippen LogP contribution in [0, 0.1) is 11.8 Å². The molecule has 1 amide bonds. The minimum Gasteiger partial charge on any atom is -0.341 e. The fourth-order valence-electron chi connectivity index (χ4n) is 2.00. The smallest absolute Gasteiger partial charge is 0.252 e. The largest absolute Gasteiger partial charge is 0.341 e. The second kappa shape index (κ2) is 7.61. The van der Waals surface area contributed by atoms with E-state index in [4.69, 9.17) is 0 Å². The Hall–Kier alpha value is -2.58. The highest BCUT2D eigenvalue weighted by molar-refractivity contribution is 7.89. The van der Waals surface area contributed by atoms with Crippen LogP contribution < -0.4 is 5.32 Å². The van der Waals surface area contributed by atoms with Crippen LogP contribution in [0.5, 0.6) is 0 Å². The van der Waals surface area contributed by atoms with Crippen LogP contribution in [-0.4, -0.2) is 27.1 Å². The third kappa shape index (κ3) is 5.97. The summed E-state index contributed by atoms with van der Waals surface area (Å²) in [5.74, 6) is 5.47. The number of carbonyl (C=O) groups is 1. The fraction of sp³-hybridized carbons (Fsp3) is 0.167. The van der Waals surface area contributed by atoms with Gasteiger partial charge in [0.1, 0.15) is 0 Å². The molecule has 2 rings (SSSR count). The van der Waals surface area contributed by atoms with Crippen molar-refractivity contribution in [3.8, 4) is 11.8 Å². The Morgan fingerprint density at radius 3 is 2.52 bits per heavy atom. The quantitative estimate of drug-likeness (QED) is 0.874. The summed E-state index contributed by atoms with van der Waals surface area (Å²) in [5, 5.41) is 2.70. The van der Waals surface area contributed by atoms with E-state index in [1.54, 1.807) is 24.3 Å². The lowest BCUT2D eigenvalue weighted by molar-refractivity contribution is 0.0958. The van der Waals surface area contributed by atoms with Gasteiger partial charge in [-0.05, 0) is 29.8 Å². The molecule has 0 saturated carbocycles. The highest BCUT2D eigenvalue weighted by atomic mass is 32.2. The van der Waals surface area contributed by atoms with Crippen LogP contribution in [0.4, 0.5) is 0 Å². The van der Waals surface area contributed by atoms with Crippen molar-refractivity contribution in [2.45, 2.75) is 5.75 Å². The first-order valence-electron chi connectivity index (χ1n) is 7.03. The maximum Gasteiger partial charge on any atom is 0.252 e. The van der Waals surface area contributed by atoms with E-state index in [9.17, 15) is 13.2 Å². The average Bonchev–Trinajstić information content (AvgIpc) is 2.51. The van der Waals surface area contributed by atoms with E-state index in [0.717, 1.165) is 5.56 Å². The van der Waals surface area contributed by atoms with Crippen molar-refractivity contribution < 1.29 is 13.2 Å². The lowest BCUT2D eigenvalue weighted by Crippen LogP contribution is -2.23. The van der Waals surface area contributed by atoms with Gasteiger partial charge in [-0.3, -0.25) is 4.79 Å². The Kier molecular flexibility index (Phi) is 5.56. The van der Waals surface area contributed by atoms with Gasteiger partial charge < -0.3 is 5.32 Å². The molecule has 23 heavy (non-hydrogen) atoms. The first kappa shape index (κ1) is 16.8. The molecule has 0 atom stereocenters. The summed E-state index contributed by atoms with van der Waals surface area (Å²) in [6.07, 6.45) is 1.17. The summed E-state index contributed by atoms with van der Waals surface area (Å²) in [7, 11) is -3.13. The molecule has 4 nitrogen and oxygen atoms in total. The van der Waals surface area contributed by atoms with Gasteiger partial charge in [-0.1, -0.05) is 42.2 Å². The zero-order chi connectivity index (χ0) is 16.7. The number of carbonyl (C=O) groups excluding carboxylic acids is 1. The van der Waals surface area contributed by atoms with E-state index in [1.165, 1.54) is 6.26 Å². The molecule has 0 radical (unpaired) electrons. The van der Waals surface area contributed by atoms with E-state index < -0.39 is 9.84 Å². The third-order valence-electron chi connectivity index (χ3n) is 2.96. The van der Waals surface area contributed by atoms with Gasteiger partial charge in [-0.25, -0.2) is 8.42 Å². The first-order chi connectivity index (χ1) is 10.9. The van der Waals surface area contributed by atoms with Crippen LogP contribution in [0.3, 0.4) is 0 Å². The molecule has 1 N–H and O–H groups in total. The normalized spacial score (nSPS) is 10.5. The van der Waals surface area contributed by atoms with Gasteiger partial charge in [-0.2, -0.15) is 0 Å². The first-order valence-corrected chi connectivity index (χ1v) is 9.09. The number of rotatable bonds is 4. The number of sulfone groups is 1. The van der Waals surface area contributed by atoms with Gasteiger partial charge in [0.15, 0.2) is 9.84 Å². The van der Waals surface area contributed by atoms with E-state index in [1.807, 2.05) is 30.3 Å². The zero-order valence-corrected chi connectivity index (χ0v) is 13.6. The molecule has 2 aromatic carbocycles. The highest BCUT2D eigenvalue weighted by Crippen LogP contribution is 2.08. The van der Waals surface area contributed by atoms with Gasteiger partial charge in [0.25, 0.3) is 5.91 Å². The molecule has 0 aliphatic rings.